The normalized spacial score (nSPS) is 11.7. The molecule has 26 heavy (non-hydrogen) atoms. The van der Waals surface area contributed by atoms with Crippen LogP contribution in [0, 0.1) is 0 Å². The van der Waals surface area contributed by atoms with E-state index in [4.69, 9.17) is 28.3 Å². The monoisotopic (exact) mass is 394 g/mol. The molecule has 136 valence electrons. The zero-order valence-electron chi connectivity index (χ0n) is 13.8. The van der Waals surface area contributed by atoms with Gasteiger partial charge in [0.05, 0.1) is 22.0 Å². The number of aliphatic carboxylic acids is 1. The molecule has 2 rings (SSSR count). The van der Waals surface area contributed by atoms with Crippen molar-refractivity contribution in [3.05, 3.63) is 69.7 Å². The summed E-state index contributed by atoms with van der Waals surface area (Å²) in [6.45, 7) is 1.31. The van der Waals surface area contributed by atoms with Crippen molar-refractivity contribution in [2.45, 2.75) is 19.4 Å². The molecule has 2 amide bonds. The summed E-state index contributed by atoms with van der Waals surface area (Å²) in [5.41, 5.74) is 3.00. The number of carbonyl (C=O) groups is 3. The van der Waals surface area contributed by atoms with Gasteiger partial charge in [-0.2, -0.15) is 0 Å². The minimum atomic E-state index is -1.22. The summed E-state index contributed by atoms with van der Waals surface area (Å²) in [6, 6.07) is 12.1. The Hall–Kier alpha value is -2.41. The second-order valence-corrected chi connectivity index (χ2v) is 6.30. The maximum atomic E-state index is 12.9. The Morgan fingerprint density at radius 3 is 2.15 bits per heavy atom. The molecular weight excluding hydrogens is 379 g/mol. The first-order chi connectivity index (χ1) is 12.3. The molecule has 8 heteroatoms. The van der Waals surface area contributed by atoms with Gasteiger partial charge in [-0.3, -0.25) is 14.4 Å². The van der Waals surface area contributed by atoms with E-state index in [1.165, 1.54) is 19.1 Å². The first-order valence-electron chi connectivity index (χ1n) is 7.65. The Balaban J connectivity index is 2.35. The summed E-state index contributed by atoms with van der Waals surface area (Å²) in [7, 11) is 0. The number of carboxylic acid groups (broad SMARTS) is 1. The van der Waals surface area contributed by atoms with Crippen LogP contribution in [0.3, 0.4) is 0 Å². The lowest BCUT2D eigenvalue weighted by Gasteiger charge is -2.24. The van der Waals surface area contributed by atoms with Crippen molar-refractivity contribution in [1.29, 1.82) is 0 Å². The Kier molecular flexibility index (Phi) is 6.74. The average Bonchev–Trinajstić information content (AvgIpc) is 2.59. The van der Waals surface area contributed by atoms with E-state index in [-0.39, 0.29) is 22.0 Å². The number of nitrogens with zero attached hydrogens (tertiary/aromatic N) is 1. The highest BCUT2D eigenvalue weighted by Gasteiger charge is 2.29. The third kappa shape index (κ3) is 4.82. The molecule has 0 heterocycles. The van der Waals surface area contributed by atoms with Gasteiger partial charge in [-0.25, -0.2) is 10.4 Å². The standard InChI is InChI=1S/C18H16Cl2N2O4/c1-11(18(25)26)21-22(15(23)10-12-6-3-2-4-7-12)17(24)16-13(19)8-5-9-14(16)20/h2-9,11,21H,10H2,1H3,(H,25,26)/t11-/m0/s1. The van der Waals surface area contributed by atoms with Gasteiger partial charge >= 0.3 is 5.97 Å². The van der Waals surface area contributed by atoms with Crippen LogP contribution in [0.4, 0.5) is 0 Å². The predicted octanol–water partition coefficient (Wildman–Crippen LogP) is 3.18. The molecule has 0 aliphatic rings. The van der Waals surface area contributed by atoms with Crippen molar-refractivity contribution >= 4 is 41.0 Å². The third-order valence-electron chi connectivity index (χ3n) is 3.52. The minimum absolute atomic E-state index is 0.0600. The quantitative estimate of drug-likeness (QED) is 0.734. The van der Waals surface area contributed by atoms with E-state index >= 15 is 0 Å². The number of amides is 2. The van der Waals surface area contributed by atoms with Crippen LogP contribution in [0.2, 0.25) is 10.0 Å². The number of benzene rings is 2. The van der Waals surface area contributed by atoms with Crippen molar-refractivity contribution in [3.63, 3.8) is 0 Å². The van der Waals surface area contributed by atoms with Crippen molar-refractivity contribution in [1.82, 2.24) is 10.4 Å². The molecule has 6 nitrogen and oxygen atoms in total. The molecule has 2 aromatic carbocycles. The lowest BCUT2D eigenvalue weighted by molar-refractivity contribution is -0.141. The van der Waals surface area contributed by atoms with Crippen molar-refractivity contribution in [2.24, 2.45) is 0 Å². The number of hydrogen-bond acceptors (Lipinski definition) is 4. The van der Waals surface area contributed by atoms with Gasteiger partial charge in [0, 0.05) is 0 Å². The SMILES string of the molecule is C[C@H](NN(C(=O)Cc1ccccc1)C(=O)c1c(Cl)cccc1Cl)C(=O)O. The molecule has 2 N–H and O–H groups in total. The Morgan fingerprint density at radius 2 is 1.62 bits per heavy atom. The van der Waals surface area contributed by atoms with Gasteiger partial charge in [0.2, 0.25) is 5.91 Å². The highest BCUT2D eigenvalue weighted by atomic mass is 35.5. The topological polar surface area (TPSA) is 86.7 Å². The fourth-order valence-corrected chi connectivity index (χ4v) is 2.72. The zero-order chi connectivity index (χ0) is 19.3. The molecule has 0 aromatic heterocycles. The minimum Gasteiger partial charge on any atom is -0.480 e. The molecule has 0 radical (unpaired) electrons. The maximum absolute atomic E-state index is 12.9. The van der Waals surface area contributed by atoms with Crippen LogP contribution in [-0.2, 0) is 16.0 Å². The van der Waals surface area contributed by atoms with E-state index < -0.39 is 23.8 Å². The first-order valence-corrected chi connectivity index (χ1v) is 8.41. The number of carboxylic acids is 1. The van der Waals surface area contributed by atoms with E-state index in [1.54, 1.807) is 36.4 Å². The van der Waals surface area contributed by atoms with Crippen LogP contribution < -0.4 is 5.43 Å². The van der Waals surface area contributed by atoms with Crippen molar-refractivity contribution < 1.29 is 19.5 Å². The molecular formula is C18H16Cl2N2O4. The van der Waals surface area contributed by atoms with Crippen LogP contribution in [0.1, 0.15) is 22.8 Å². The predicted molar refractivity (Wildman–Crippen MR) is 98.0 cm³/mol. The summed E-state index contributed by atoms with van der Waals surface area (Å²) in [5.74, 6) is -2.68. The second kappa shape index (κ2) is 8.80. The number of hydrazine groups is 1. The third-order valence-corrected chi connectivity index (χ3v) is 4.15. The van der Waals surface area contributed by atoms with E-state index in [9.17, 15) is 14.4 Å². The molecule has 0 aliphatic carbocycles. The molecule has 0 bridgehead atoms. The van der Waals surface area contributed by atoms with Crippen LogP contribution in [0.15, 0.2) is 48.5 Å². The van der Waals surface area contributed by atoms with Gasteiger partial charge in [-0.15, -0.1) is 0 Å². The van der Waals surface area contributed by atoms with Crippen molar-refractivity contribution in [2.75, 3.05) is 0 Å². The molecule has 0 spiro atoms. The molecule has 0 saturated heterocycles. The van der Waals surface area contributed by atoms with Gasteiger partial charge in [0.1, 0.15) is 6.04 Å². The number of hydrogen-bond donors (Lipinski definition) is 2. The van der Waals surface area contributed by atoms with Gasteiger partial charge < -0.3 is 5.11 Å². The summed E-state index contributed by atoms with van der Waals surface area (Å²) >= 11 is 12.1. The van der Waals surface area contributed by atoms with Gasteiger partial charge in [-0.05, 0) is 24.6 Å². The fourth-order valence-electron chi connectivity index (χ4n) is 2.16. The first kappa shape index (κ1) is 19.9. The maximum Gasteiger partial charge on any atom is 0.322 e. The van der Waals surface area contributed by atoms with Crippen LogP contribution in [0.5, 0.6) is 0 Å². The Morgan fingerprint density at radius 1 is 1.04 bits per heavy atom. The lowest BCUT2D eigenvalue weighted by Crippen LogP contribution is -2.53. The number of carbonyl (C=O) groups excluding carboxylic acids is 2. The summed E-state index contributed by atoms with van der Waals surface area (Å²) in [4.78, 5) is 36.7. The van der Waals surface area contributed by atoms with Gasteiger partial charge in [-0.1, -0.05) is 59.6 Å². The Labute approximate surface area is 160 Å². The van der Waals surface area contributed by atoms with E-state index in [2.05, 4.69) is 5.43 Å². The second-order valence-electron chi connectivity index (χ2n) is 5.48. The molecule has 0 unspecified atom stereocenters. The van der Waals surface area contributed by atoms with E-state index in [0.29, 0.717) is 10.6 Å². The summed E-state index contributed by atoms with van der Waals surface area (Å²) < 4.78 is 0. The van der Waals surface area contributed by atoms with E-state index in [0.717, 1.165) is 0 Å². The number of imide groups is 1. The summed E-state index contributed by atoms with van der Waals surface area (Å²) in [6.07, 6.45) is -0.103. The highest BCUT2D eigenvalue weighted by Crippen LogP contribution is 2.25. The smallest absolute Gasteiger partial charge is 0.322 e. The van der Waals surface area contributed by atoms with Crippen LogP contribution in [0.25, 0.3) is 0 Å². The fraction of sp³-hybridized carbons (Fsp3) is 0.167. The largest absolute Gasteiger partial charge is 0.480 e. The number of nitrogens with one attached hydrogen (secondary N) is 1. The van der Waals surface area contributed by atoms with Gasteiger partial charge in [0.25, 0.3) is 5.91 Å². The Bertz CT molecular complexity index is 807. The average molecular weight is 395 g/mol. The molecule has 0 fully saturated rings. The van der Waals surface area contributed by atoms with Crippen LogP contribution in [-0.4, -0.2) is 33.9 Å². The number of rotatable bonds is 6. The summed E-state index contributed by atoms with van der Waals surface area (Å²) in [5, 5.41) is 9.87. The van der Waals surface area contributed by atoms with Gasteiger partial charge in [0.15, 0.2) is 0 Å². The highest BCUT2D eigenvalue weighted by molar-refractivity contribution is 6.40. The molecule has 0 saturated carbocycles. The van der Waals surface area contributed by atoms with E-state index in [1.807, 2.05) is 0 Å². The zero-order valence-corrected chi connectivity index (χ0v) is 15.3. The number of halogens is 2. The lowest BCUT2D eigenvalue weighted by atomic mass is 10.1. The molecule has 0 aliphatic heterocycles. The molecule has 2 aromatic rings. The molecule has 1 atom stereocenters. The van der Waals surface area contributed by atoms with Crippen molar-refractivity contribution in [3.8, 4) is 0 Å². The van der Waals surface area contributed by atoms with Crippen LogP contribution >= 0.6 is 23.2 Å².